The molecule has 1 rings (SSSR count). The first-order valence-electron chi connectivity index (χ1n) is 2.95. The maximum atomic E-state index is 8.87. The predicted octanol–water partition coefficient (Wildman–Crippen LogP) is 3.00. The summed E-state index contributed by atoms with van der Waals surface area (Å²) in [7, 11) is 0. The minimum atomic E-state index is 0.285. The highest BCUT2D eigenvalue weighted by Gasteiger charge is 1.89. The average Bonchev–Trinajstić information content (AvgIpc) is 2.00. The van der Waals surface area contributed by atoms with Crippen molar-refractivity contribution in [3.63, 3.8) is 0 Å². The Kier molecular flexibility index (Phi) is 5.03. The van der Waals surface area contributed by atoms with E-state index in [1.54, 1.807) is 25.1 Å². The number of phenols is 1. The SMILES string of the molecule is Oc1ccccc1Br.[CH2]C. The van der Waals surface area contributed by atoms with E-state index in [4.69, 9.17) is 5.11 Å². The van der Waals surface area contributed by atoms with Gasteiger partial charge in [-0.15, -0.1) is 0 Å². The quantitative estimate of drug-likeness (QED) is 0.685. The number of hydrogen-bond acceptors (Lipinski definition) is 1. The highest BCUT2D eigenvalue weighted by atomic mass is 79.9. The van der Waals surface area contributed by atoms with E-state index in [0.29, 0.717) is 0 Å². The molecular weight excluding hydrogens is 192 g/mol. The van der Waals surface area contributed by atoms with Gasteiger partial charge >= 0.3 is 0 Å². The van der Waals surface area contributed by atoms with Gasteiger partial charge in [0.25, 0.3) is 0 Å². The second-order valence-electron chi connectivity index (χ2n) is 1.45. The van der Waals surface area contributed by atoms with Crippen molar-refractivity contribution >= 4 is 15.9 Å². The van der Waals surface area contributed by atoms with Crippen LogP contribution in [0.15, 0.2) is 28.7 Å². The van der Waals surface area contributed by atoms with Crippen LogP contribution in [0.2, 0.25) is 0 Å². The number of para-hydroxylation sites is 1. The zero-order chi connectivity index (χ0) is 7.98. The molecule has 1 aromatic carbocycles. The Bertz CT molecular complexity index is 165. The molecule has 0 aliphatic heterocycles. The van der Waals surface area contributed by atoms with Crippen molar-refractivity contribution < 1.29 is 5.11 Å². The van der Waals surface area contributed by atoms with Crippen LogP contribution in [0.1, 0.15) is 6.92 Å². The van der Waals surface area contributed by atoms with Gasteiger partial charge in [-0.2, -0.15) is 0 Å². The van der Waals surface area contributed by atoms with Gasteiger partial charge in [-0.3, -0.25) is 0 Å². The molecule has 0 unspecified atom stereocenters. The molecule has 0 saturated carbocycles. The van der Waals surface area contributed by atoms with Crippen molar-refractivity contribution in [3.8, 4) is 5.75 Å². The summed E-state index contributed by atoms with van der Waals surface area (Å²) >= 11 is 3.15. The second kappa shape index (κ2) is 5.30. The highest BCUT2D eigenvalue weighted by Crippen LogP contribution is 2.21. The van der Waals surface area contributed by atoms with Crippen molar-refractivity contribution in [2.24, 2.45) is 0 Å². The van der Waals surface area contributed by atoms with E-state index in [0.717, 1.165) is 4.47 Å². The first kappa shape index (κ1) is 9.50. The highest BCUT2D eigenvalue weighted by molar-refractivity contribution is 9.10. The van der Waals surface area contributed by atoms with Gasteiger partial charge in [0.15, 0.2) is 0 Å². The molecule has 1 aromatic rings. The Labute approximate surface area is 69.8 Å². The summed E-state index contributed by atoms with van der Waals surface area (Å²) in [5.41, 5.74) is 0. The van der Waals surface area contributed by atoms with Crippen LogP contribution in [0, 0.1) is 6.92 Å². The van der Waals surface area contributed by atoms with Gasteiger partial charge in [0.2, 0.25) is 0 Å². The maximum absolute atomic E-state index is 8.87. The average molecular weight is 202 g/mol. The lowest BCUT2D eigenvalue weighted by Crippen LogP contribution is -1.63. The molecule has 0 amide bonds. The van der Waals surface area contributed by atoms with E-state index in [1.807, 2.05) is 6.07 Å². The Morgan fingerprint density at radius 2 is 1.80 bits per heavy atom. The molecule has 0 aromatic heterocycles. The van der Waals surface area contributed by atoms with Crippen molar-refractivity contribution in [1.29, 1.82) is 0 Å². The number of aromatic hydroxyl groups is 1. The van der Waals surface area contributed by atoms with Crippen LogP contribution >= 0.6 is 15.9 Å². The third-order valence-electron chi connectivity index (χ3n) is 0.852. The molecular formula is C8H10BrO. The van der Waals surface area contributed by atoms with E-state index >= 15 is 0 Å². The molecule has 55 valence electrons. The lowest BCUT2D eigenvalue weighted by Gasteiger charge is -1.90. The Morgan fingerprint density at radius 1 is 1.30 bits per heavy atom. The van der Waals surface area contributed by atoms with Gasteiger partial charge in [-0.1, -0.05) is 26.0 Å². The van der Waals surface area contributed by atoms with Crippen LogP contribution in [-0.2, 0) is 0 Å². The maximum Gasteiger partial charge on any atom is 0.129 e. The number of halogens is 1. The first-order valence-corrected chi connectivity index (χ1v) is 3.74. The Hall–Kier alpha value is -0.500. The molecule has 0 fully saturated rings. The molecule has 0 bridgehead atoms. The summed E-state index contributed by atoms with van der Waals surface area (Å²) in [4.78, 5) is 0. The smallest absolute Gasteiger partial charge is 0.129 e. The van der Waals surface area contributed by atoms with E-state index < -0.39 is 0 Å². The van der Waals surface area contributed by atoms with Gasteiger partial charge in [0.05, 0.1) is 4.47 Å². The van der Waals surface area contributed by atoms with Crippen LogP contribution in [0.5, 0.6) is 5.75 Å². The molecule has 2 heteroatoms. The first-order chi connectivity index (χ1) is 4.80. The predicted molar refractivity (Wildman–Crippen MR) is 46.8 cm³/mol. The molecule has 0 aliphatic carbocycles. The monoisotopic (exact) mass is 201 g/mol. The Morgan fingerprint density at radius 3 is 2.10 bits per heavy atom. The van der Waals surface area contributed by atoms with Crippen LogP contribution in [-0.4, -0.2) is 5.11 Å². The lowest BCUT2D eigenvalue weighted by molar-refractivity contribution is 0.472. The third kappa shape index (κ3) is 2.87. The zero-order valence-corrected chi connectivity index (χ0v) is 7.43. The van der Waals surface area contributed by atoms with Crippen LogP contribution < -0.4 is 0 Å². The second-order valence-corrected chi connectivity index (χ2v) is 2.31. The zero-order valence-electron chi connectivity index (χ0n) is 5.84. The van der Waals surface area contributed by atoms with Gasteiger partial charge in [-0.25, -0.2) is 0 Å². The summed E-state index contributed by atoms with van der Waals surface area (Å²) in [5, 5.41) is 8.87. The van der Waals surface area contributed by atoms with Gasteiger partial charge in [-0.05, 0) is 28.1 Å². The standard InChI is InChI=1S/C6H5BrO.C2H5/c7-5-3-1-2-4-6(5)8;1-2/h1-4,8H;1H2,2H3. The van der Waals surface area contributed by atoms with Crippen molar-refractivity contribution in [2.75, 3.05) is 0 Å². The Balaban J connectivity index is 0.000000371. The molecule has 0 heterocycles. The molecule has 10 heavy (non-hydrogen) atoms. The molecule has 1 nitrogen and oxygen atoms in total. The van der Waals surface area contributed by atoms with E-state index in [-0.39, 0.29) is 5.75 Å². The van der Waals surface area contributed by atoms with Gasteiger partial charge in [0, 0.05) is 0 Å². The molecule has 0 spiro atoms. The lowest BCUT2D eigenvalue weighted by atomic mass is 10.3. The van der Waals surface area contributed by atoms with Gasteiger partial charge < -0.3 is 5.11 Å². The van der Waals surface area contributed by atoms with Crippen molar-refractivity contribution in [2.45, 2.75) is 6.92 Å². The molecule has 0 saturated heterocycles. The number of rotatable bonds is 0. The summed E-state index contributed by atoms with van der Waals surface area (Å²) in [5.74, 6) is 0.285. The number of phenolic OH excluding ortho intramolecular Hbond substituents is 1. The van der Waals surface area contributed by atoms with Crippen LogP contribution in [0.3, 0.4) is 0 Å². The largest absolute Gasteiger partial charge is 0.507 e. The molecule has 1 radical (unpaired) electrons. The van der Waals surface area contributed by atoms with E-state index in [2.05, 4.69) is 22.9 Å². The molecule has 0 atom stereocenters. The molecule has 0 aliphatic rings. The fourth-order valence-electron chi connectivity index (χ4n) is 0.452. The number of hydrogen-bond donors (Lipinski definition) is 1. The summed E-state index contributed by atoms with van der Waals surface area (Å²) in [6, 6.07) is 7.04. The van der Waals surface area contributed by atoms with Crippen LogP contribution in [0.4, 0.5) is 0 Å². The van der Waals surface area contributed by atoms with Crippen LogP contribution in [0.25, 0.3) is 0 Å². The summed E-state index contributed by atoms with van der Waals surface area (Å²) < 4.78 is 0.736. The number of benzene rings is 1. The fourth-order valence-corrected chi connectivity index (χ4v) is 0.737. The summed E-state index contributed by atoms with van der Waals surface area (Å²) in [6.07, 6.45) is 0. The normalized spacial score (nSPS) is 7.90. The van der Waals surface area contributed by atoms with Gasteiger partial charge in [0.1, 0.15) is 5.75 Å². The third-order valence-corrected chi connectivity index (χ3v) is 1.52. The molecule has 1 N–H and O–H groups in total. The summed E-state index contributed by atoms with van der Waals surface area (Å²) in [6.45, 7) is 5.00. The minimum Gasteiger partial charge on any atom is -0.507 e. The topological polar surface area (TPSA) is 20.2 Å². The van der Waals surface area contributed by atoms with E-state index in [1.165, 1.54) is 0 Å². The minimum absolute atomic E-state index is 0.285. The fraction of sp³-hybridized carbons (Fsp3) is 0.125. The van der Waals surface area contributed by atoms with E-state index in [9.17, 15) is 0 Å². The van der Waals surface area contributed by atoms with Crippen molar-refractivity contribution in [1.82, 2.24) is 0 Å². The van der Waals surface area contributed by atoms with Crippen molar-refractivity contribution in [3.05, 3.63) is 35.7 Å².